The summed E-state index contributed by atoms with van der Waals surface area (Å²) in [5.74, 6) is 0. The van der Waals surface area contributed by atoms with Crippen molar-refractivity contribution in [3.8, 4) is 6.07 Å². The number of rotatable bonds is 4. The lowest BCUT2D eigenvalue weighted by Crippen LogP contribution is -2.57. The van der Waals surface area contributed by atoms with E-state index < -0.39 is 0 Å². The number of nitriles is 1. The monoisotopic (exact) mass is 251 g/mol. The molecule has 1 spiro atoms. The Labute approximate surface area is 110 Å². The van der Waals surface area contributed by atoms with Crippen molar-refractivity contribution in [2.24, 2.45) is 5.41 Å². The van der Waals surface area contributed by atoms with Gasteiger partial charge in [0, 0.05) is 31.7 Å². The maximum absolute atomic E-state index is 9.73. The van der Waals surface area contributed by atoms with Crippen LogP contribution in [0.3, 0.4) is 0 Å². The zero-order valence-electron chi connectivity index (χ0n) is 11.7. The number of ether oxygens (including phenoxy) is 1. The first-order valence-corrected chi connectivity index (χ1v) is 7.03. The average molecular weight is 251 g/mol. The zero-order valence-corrected chi connectivity index (χ0v) is 11.7. The van der Waals surface area contributed by atoms with E-state index >= 15 is 0 Å². The second kappa shape index (κ2) is 5.56. The van der Waals surface area contributed by atoms with Gasteiger partial charge in [-0.15, -0.1) is 0 Å². The van der Waals surface area contributed by atoms with Gasteiger partial charge in [0.15, 0.2) is 0 Å². The third kappa shape index (κ3) is 2.40. The first-order valence-electron chi connectivity index (χ1n) is 7.03. The summed E-state index contributed by atoms with van der Waals surface area (Å²) in [7, 11) is 4.14. The maximum Gasteiger partial charge on any atom is 0.112 e. The number of hydrogen-bond donors (Lipinski definition) is 1. The van der Waals surface area contributed by atoms with Crippen LogP contribution in [0.2, 0.25) is 0 Å². The highest BCUT2D eigenvalue weighted by Crippen LogP contribution is 2.52. The summed E-state index contributed by atoms with van der Waals surface area (Å²) in [5, 5.41) is 13.3. The number of nitrogens with one attached hydrogen (secondary N) is 1. The van der Waals surface area contributed by atoms with Crippen LogP contribution >= 0.6 is 0 Å². The Morgan fingerprint density at radius 1 is 1.22 bits per heavy atom. The summed E-state index contributed by atoms with van der Waals surface area (Å²) >= 11 is 0. The van der Waals surface area contributed by atoms with Crippen molar-refractivity contribution in [3.63, 3.8) is 0 Å². The Hall–Kier alpha value is -0.630. The molecule has 0 radical (unpaired) electrons. The van der Waals surface area contributed by atoms with Gasteiger partial charge < -0.3 is 9.64 Å². The zero-order chi connectivity index (χ0) is 13.1. The fourth-order valence-electron chi connectivity index (χ4n) is 3.59. The summed E-state index contributed by atoms with van der Waals surface area (Å²) in [6.45, 7) is 3.51. The van der Waals surface area contributed by atoms with Crippen molar-refractivity contribution in [2.45, 2.75) is 37.6 Å². The highest BCUT2D eigenvalue weighted by atomic mass is 16.5. The standard InChI is InChI=1S/C14H25N3O/c1-17(2)9-8-16-14(12-15)5-3-4-13(14)6-10-18-11-7-13/h16H,3-11H2,1-2H3. The molecule has 4 heteroatoms. The molecule has 1 aliphatic carbocycles. The Kier molecular flexibility index (Phi) is 4.26. The van der Waals surface area contributed by atoms with E-state index in [4.69, 9.17) is 4.74 Å². The van der Waals surface area contributed by atoms with Gasteiger partial charge in [-0.3, -0.25) is 5.32 Å². The normalized spacial score (nSPS) is 30.8. The van der Waals surface area contributed by atoms with Gasteiger partial charge in [0.2, 0.25) is 0 Å². The molecular formula is C14H25N3O. The van der Waals surface area contributed by atoms with Crippen LogP contribution < -0.4 is 5.32 Å². The Bertz CT molecular complexity index is 317. The van der Waals surface area contributed by atoms with Gasteiger partial charge in [-0.2, -0.15) is 5.26 Å². The number of hydrogen-bond acceptors (Lipinski definition) is 4. The summed E-state index contributed by atoms with van der Waals surface area (Å²) in [4.78, 5) is 2.16. The molecule has 0 bridgehead atoms. The molecule has 2 rings (SSSR count). The minimum absolute atomic E-state index is 0.159. The summed E-state index contributed by atoms with van der Waals surface area (Å²) in [5.41, 5.74) is -0.154. The lowest BCUT2D eigenvalue weighted by atomic mass is 9.67. The molecule has 1 N–H and O–H groups in total. The van der Waals surface area contributed by atoms with Crippen LogP contribution in [0.15, 0.2) is 0 Å². The van der Waals surface area contributed by atoms with Crippen molar-refractivity contribution < 1.29 is 4.74 Å². The van der Waals surface area contributed by atoms with E-state index in [1.54, 1.807) is 0 Å². The predicted molar refractivity (Wildman–Crippen MR) is 71.2 cm³/mol. The van der Waals surface area contributed by atoms with E-state index in [9.17, 15) is 5.26 Å². The van der Waals surface area contributed by atoms with Crippen LogP contribution in [0, 0.1) is 16.7 Å². The molecule has 2 aliphatic rings. The molecule has 2 fully saturated rings. The van der Waals surface area contributed by atoms with Gasteiger partial charge in [0.25, 0.3) is 0 Å². The maximum atomic E-state index is 9.73. The van der Waals surface area contributed by atoms with Crippen LogP contribution in [0.4, 0.5) is 0 Å². The topological polar surface area (TPSA) is 48.3 Å². The molecular weight excluding hydrogens is 226 g/mol. The lowest BCUT2D eigenvalue weighted by molar-refractivity contribution is -0.0119. The van der Waals surface area contributed by atoms with Gasteiger partial charge in [-0.1, -0.05) is 0 Å². The molecule has 4 nitrogen and oxygen atoms in total. The molecule has 0 amide bonds. The summed E-state index contributed by atoms with van der Waals surface area (Å²) < 4.78 is 5.49. The highest BCUT2D eigenvalue weighted by molar-refractivity contribution is 5.21. The van der Waals surface area contributed by atoms with Gasteiger partial charge >= 0.3 is 0 Å². The number of likely N-dealkylation sites (N-methyl/N-ethyl adjacent to an activating group) is 1. The van der Waals surface area contributed by atoms with E-state index in [1.807, 2.05) is 0 Å². The van der Waals surface area contributed by atoms with Crippen LogP contribution in [0.5, 0.6) is 0 Å². The molecule has 1 saturated carbocycles. The van der Waals surface area contributed by atoms with Crippen molar-refractivity contribution in [3.05, 3.63) is 0 Å². The minimum atomic E-state index is -0.313. The van der Waals surface area contributed by atoms with E-state index in [-0.39, 0.29) is 11.0 Å². The molecule has 18 heavy (non-hydrogen) atoms. The van der Waals surface area contributed by atoms with Gasteiger partial charge in [-0.25, -0.2) is 0 Å². The lowest BCUT2D eigenvalue weighted by Gasteiger charge is -2.44. The van der Waals surface area contributed by atoms with Gasteiger partial charge in [0.05, 0.1) is 6.07 Å². The molecule has 0 aromatic rings. The molecule has 1 heterocycles. The van der Waals surface area contributed by atoms with Crippen LogP contribution in [-0.4, -0.2) is 50.8 Å². The van der Waals surface area contributed by atoms with E-state index in [2.05, 4.69) is 30.4 Å². The fraction of sp³-hybridized carbons (Fsp3) is 0.929. The van der Waals surface area contributed by atoms with Gasteiger partial charge in [-0.05, 0) is 46.2 Å². The highest BCUT2D eigenvalue weighted by Gasteiger charge is 2.55. The van der Waals surface area contributed by atoms with Crippen molar-refractivity contribution in [2.75, 3.05) is 40.4 Å². The quantitative estimate of drug-likeness (QED) is 0.820. The molecule has 102 valence electrons. The molecule has 1 atom stereocenters. The third-order valence-electron chi connectivity index (χ3n) is 4.74. The van der Waals surface area contributed by atoms with Crippen LogP contribution in [-0.2, 0) is 4.74 Å². The van der Waals surface area contributed by atoms with Crippen LogP contribution in [0.25, 0.3) is 0 Å². The minimum Gasteiger partial charge on any atom is -0.381 e. The Balaban J connectivity index is 2.07. The van der Waals surface area contributed by atoms with E-state index in [0.29, 0.717) is 0 Å². The Morgan fingerprint density at radius 2 is 1.94 bits per heavy atom. The largest absolute Gasteiger partial charge is 0.381 e. The van der Waals surface area contributed by atoms with E-state index in [0.717, 1.165) is 45.6 Å². The number of nitrogens with zero attached hydrogens (tertiary/aromatic N) is 2. The molecule has 0 aromatic heterocycles. The van der Waals surface area contributed by atoms with Crippen molar-refractivity contribution >= 4 is 0 Å². The first-order chi connectivity index (χ1) is 8.64. The average Bonchev–Trinajstić information content (AvgIpc) is 2.69. The predicted octanol–water partition coefficient (Wildman–Crippen LogP) is 1.38. The molecule has 1 aliphatic heterocycles. The second-order valence-corrected chi connectivity index (χ2v) is 5.99. The first kappa shape index (κ1) is 13.8. The van der Waals surface area contributed by atoms with Gasteiger partial charge in [0.1, 0.15) is 5.54 Å². The van der Waals surface area contributed by atoms with E-state index in [1.165, 1.54) is 12.8 Å². The van der Waals surface area contributed by atoms with Crippen molar-refractivity contribution in [1.29, 1.82) is 5.26 Å². The molecule has 0 aromatic carbocycles. The summed E-state index contributed by atoms with van der Waals surface area (Å²) in [6.07, 6.45) is 5.42. The SMILES string of the molecule is CN(C)CCNC1(C#N)CCCC12CCOCC2. The molecule has 1 unspecified atom stereocenters. The second-order valence-electron chi connectivity index (χ2n) is 5.99. The smallest absolute Gasteiger partial charge is 0.112 e. The van der Waals surface area contributed by atoms with Crippen LogP contribution in [0.1, 0.15) is 32.1 Å². The molecule has 1 saturated heterocycles. The Morgan fingerprint density at radius 3 is 2.56 bits per heavy atom. The fourth-order valence-corrected chi connectivity index (χ4v) is 3.59. The summed E-state index contributed by atoms with van der Waals surface area (Å²) in [6, 6.07) is 2.63. The van der Waals surface area contributed by atoms with Crippen molar-refractivity contribution in [1.82, 2.24) is 10.2 Å². The third-order valence-corrected chi connectivity index (χ3v) is 4.74.